The molecule has 4 rings (SSSR count). The van der Waals surface area contributed by atoms with E-state index in [4.69, 9.17) is 4.74 Å². The van der Waals surface area contributed by atoms with Crippen LogP contribution in [0.4, 0.5) is 10.1 Å². The molecule has 25 heavy (non-hydrogen) atoms. The number of pyridine rings is 2. The van der Waals surface area contributed by atoms with Gasteiger partial charge in [-0.1, -0.05) is 6.07 Å². The minimum absolute atomic E-state index is 0.248. The van der Waals surface area contributed by atoms with Gasteiger partial charge in [0.15, 0.2) is 0 Å². The molecule has 0 saturated carbocycles. The minimum atomic E-state index is -0.248. The van der Waals surface area contributed by atoms with Gasteiger partial charge in [-0.3, -0.25) is 4.98 Å². The number of rotatable bonds is 4. The number of aromatic nitrogens is 2. The monoisotopic (exact) mass is 337 g/mol. The highest BCUT2D eigenvalue weighted by Crippen LogP contribution is 2.29. The third-order valence-corrected chi connectivity index (χ3v) is 4.74. The number of hydrogen-bond donors (Lipinski definition) is 0. The largest absolute Gasteiger partial charge is 0.477 e. The zero-order chi connectivity index (χ0) is 17.1. The average Bonchev–Trinajstić information content (AvgIpc) is 2.67. The topological polar surface area (TPSA) is 38.2 Å². The second-order valence-electron chi connectivity index (χ2n) is 6.40. The van der Waals surface area contributed by atoms with Crippen molar-refractivity contribution in [3.05, 3.63) is 60.7 Å². The first kappa shape index (κ1) is 15.8. The summed E-state index contributed by atoms with van der Waals surface area (Å²) in [6, 6.07) is 12.5. The quantitative estimate of drug-likeness (QED) is 0.719. The van der Waals surface area contributed by atoms with Crippen molar-refractivity contribution in [2.24, 2.45) is 5.92 Å². The van der Waals surface area contributed by atoms with Crippen LogP contribution in [0.25, 0.3) is 10.9 Å². The second-order valence-corrected chi connectivity index (χ2v) is 6.40. The molecule has 3 aromatic rings. The van der Waals surface area contributed by atoms with Gasteiger partial charge in [0.05, 0.1) is 12.1 Å². The van der Waals surface area contributed by atoms with E-state index in [-0.39, 0.29) is 5.82 Å². The SMILES string of the molecule is Fc1ccc2c(N3CCC(COc4ccccn4)CC3)ccnc2c1. The fraction of sp³-hybridized carbons (Fsp3) is 0.300. The van der Waals surface area contributed by atoms with E-state index >= 15 is 0 Å². The first-order valence-corrected chi connectivity index (χ1v) is 8.62. The van der Waals surface area contributed by atoms with Crippen molar-refractivity contribution in [3.63, 3.8) is 0 Å². The number of piperidine rings is 1. The molecule has 1 aliphatic heterocycles. The Balaban J connectivity index is 1.40. The highest BCUT2D eigenvalue weighted by Gasteiger charge is 2.21. The van der Waals surface area contributed by atoms with Gasteiger partial charge in [0.2, 0.25) is 5.88 Å². The van der Waals surface area contributed by atoms with Crippen LogP contribution < -0.4 is 9.64 Å². The van der Waals surface area contributed by atoms with Gasteiger partial charge in [-0.05, 0) is 43.0 Å². The van der Waals surface area contributed by atoms with Crippen LogP contribution >= 0.6 is 0 Å². The van der Waals surface area contributed by atoms with E-state index in [0.29, 0.717) is 23.9 Å². The third-order valence-electron chi connectivity index (χ3n) is 4.74. The van der Waals surface area contributed by atoms with Crippen LogP contribution in [-0.2, 0) is 0 Å². The Labute approximate surface area is 146 Å². The van der Waals surface area contributed by atoms with Gasteiger partial charge >= 0.3 is 0 Å². The van der Waals surface area contributed by atoms with Crippen molar-refractivity contribution in [1.82, 2.24) is 9.97 Å². The maximum atomic E-state index is 13.4. The third kappa shape index (κ3) is 3.55. The van der Waals surface area contributed by atoms with Gasteiger partial charge in [0, 0.05) is 48.7 Å². The summed E-state index contributed by atoms with van der Waals surface area (Å²) in [6.45, 7) is 2.63. The van der Waals surface area contributed by atoms with Gasteiger partial charge in [-0.15, -0.1) is 0 Å². The van der Waals surface area contributed by atoms with Crippen LogP contribution in [0.15, 0.2) is 54.9 Å². The summed E-state index contributed by atoms with van der Waals surface area (Å²) >= 11 is 0. The van der Waals surface area contributed by atoms with E-state index in [2.05, 4.69) is 14.9 Å². The summed E-state index contributed by atoms with van der Waals surface area (Å²) in [4.78, 5) is 10.8. The van der Waals surface area contributed by atoms with Crippen LogP contribution in [-0.4, -0.2) is 29.7 Å². The van der Waals surface area contributed by atoms with Crippen molar-refractivity contribution >= 4 is 16.6 Å². The fourth-order valence-electron chi connectivity index (χ4n) is 3.36. The number of nitrogens with zero attached hydrogens (tertiary/aromatic N) is 3. The molecule has 2 aromatic heterocycles. The van der Waals surface area contributed by atoms with Gasteiger partial charge < -0.3 is 9.64 Å². The predicted octanol–water partition coefficient (Wildman–Crippen LogP) is 4.06. The van der Waals surface area contributed by atoms with Crippen molar-refractivity contribution in [2.75, 3.05) is 24.6 Å². The van der Waals surface area contributed by atoms with Crippen LogP contribution in [0, 0.1) is 11.7 Å². The molecule has 0 aliphatic carbocycles. The van der Waals surface area contributed by atoms with Gasteiger partial charge in [-0.2, -0.15) is 0 Å². The Morgan fingerprint density at radius 1 is 1.04 bits per heavy atom. The van der Waals surface area contributed by atoms with Gasteiger partial charge in [-0.25, -0.2) is 9.37 Å². The molecule has 4 nitrogen and oxygen atoms in total. The Hall–Kier alpha value is -2.69. The summed E-state index contributed by atoms with van der Waals surface area (Å²) in [5, 5.41) is 1.01. The van der Waals surface area contributed by atoms with E-state index in [1.54, 1.807) is 12.4 Å². The van der Waals surface area contributed by atoms with Crippen LogP contribution in [0.5, 0.6) is 5.88 Å². The van der Waals surface area contributed by atoms with E-state index < -0.39 is 0 Å². The molecule has 128 valence electrons. The summed E-state index contributed by atoms with van der Waals surface area (Å²) in [6.07, 6.45) is 5.64. The van der Waals surface area contributed by atoms with E-state index in [1.807, 2.05) is 30.3 Å². The normalized spacial score (nSPS) is 15.5. The molecular weight excluding hydrogens is 317 g/mol. The molecule has 1 fully saturated rings. The number of halogens is 1. The number of ether oxygens (including phenoxy) is 1. The maximum Gasteiger partial charge on any atom is 0.213 e. The maximum absolute atomic E-state index is 13.4. The number of fused-ring (bicyclic) bond motifs is 1. The minimum Gasteiger partial charge on any atom is -0.477 e. The van der Waals surface area contributed by atoms with Gasteiger partial charge in [0.1, 0.15) is 5.82 Å². The zero-order valence-corrected chi connectivity index (χ0v) is 13.9. The smallest absolute Gasteiger partial charge is 0.213 e. The van der Waals surface area contributed by atoms with Gasteiger partial charge in [0.25, 0.3) is 0 Å². The van der Waals surface area contributed by atoms with Crippen LogP contribution in [0.2, 0.25) is 0 Å². The summed E-state index contributed by atoms with van der Waals surface area (Å²) in [5.41, 5.74) is 1.84. The van der Waals surface area contributed by atoms with E-state index in [0.717, 1.165) is 37.0 Å². The Morgan fingerprint density at radius 3 is 2.72 bits per heavy atom. The Kier molecular flexibility index (Phi) is 4.46. The molecular formula is C20H20FN3O. The predicted molar refractivity (Wildman–Crippen MR) is 96.4 cm³/mol. The number of anilines is 1. The highest BCUT2D eigenvalue weighted by molar-refractivity contribution is 5.91. The summed E-state index contributed by atoms with van der Waals surface area (Å²) in [5.74, 6) is 0.971. The zero-order valence-electron chi connectivity index (χ0n) is 13.9. The number of benzene rings is 1. The molecule has 0 N–H and O–H groups in total. The van der Waals surface area contributed by atoms with Crippen molar-refractivity contribution in [3.8, 4) is 5.88 Å². The van der Waals surface area contributed by atoms with Crippen LogP contribution in [0.1, 0.15) is 12.8 Å². The second kappa shape index (κ2) is 7.05. The van der Waals surface area contributed by atoms with Crippen LogP contribution in [0.3, 0.4) is 0 Å². The standard InChI is InChI=1S/C20H20FN3O/c21-16-4-5-17-18(13-16)22-10-6-19(17)24-11-7-15(8-12-24)14-25-20-3-1-2-9-23-20/h1-6,9-10,13,15H,7-8,11-12,14H2. The molecule has 0 unspecified atom stereocenters. The summed E-state index contributed by atoms with van der Waals surface area (Å²) in [7, 11) is 0. The molecule has 0 amide bonds. The Morgan fingerprint density at radius 2 is 1.92 bits per heavy atom. The first-order valence-electron chi connectivity index (χ1n) is 8.62. The number of hydrogen-bond acceptors (Lipinski definition) is 4. The van der Waals surface area contributed by atoms with Crippen molar-refractivity contribution < 1.29 is 9.13 Å². The first-order chi connectivity index (χ1) is 12.3. The molecule has 1 saturated heterocycles. The summed E-state index contributed by atoms with van der Waals surface area (Å²) < 4.78 is 19.2. The molecule has 3 heterocycles. The lowest BCUT2D eigenvalue weighted by Crippen LogP contribution is -2.35. The van der Waals surface area contributed by atoms with E-state index in [9.17, 15) is 4.39 Å². The lowest BCUT2D eigenvalue weighted by molar-refractivity contribution is 0.216. The lowest BCUT2D eigenvalue weighted by atomic mass is 9.97. The average molecular weight is 337 g/mol. The van der Waals surface area contributed by atoms with E-state index in [1.165, 1.54) is 12.1 Å². The fourth-order valence-corrected chi connectivity index (χ4v) is 3.36. The lowest BCUT2D eigenvalue weighted by Gasteiger charge is -2.34. The molecule has 1 aliphatic rings. The molecule has 0 bridgehead atoms. The van der Waals surface area contributed by atoms with Crippen molar-refractivity contribution in [2.45, 2.75) is 12.8 Å². The molecule has 0 spiro atoms. The molecule has 0 radical (unpaired) electrons. The molecule has 5 heteroatoms. The molecule has 1 aromatic carbocycles. The molecule has 0 atom stereocenters. The highest BCUT2D eigenvalue weighted by atomic mass is 19.1. The Bertz CT molecular complexity index is 848. The van der Waals surface area contributed by atoms with Crippen molar-refractivity contribution in [1.29, 1.82) is 0 Å².